The van der Waals surface area contributed by atoms with Crippen LogP contribution in [0.15, 0.2) is 77.9 Å². The molecule has 7 nitrogen and oxygen atoms in total. The van der Waals surface area contributed by atoms with Gasteiger partial charge in [-0.05, 0) is 61.0 Å². The highest BCUT2D eigenvalue weighted by molar-refractivity contribution is 6.30. The van der Waals surface area contributed by atoms with Crippen molar-refractivity contribution in [3.05, 3.63) is 88.9 Å². The minimum atomic E-state index is -0.533. The first-order valence-electron chi connectivity index (χ1n) is 10.3. The van der Waals surface area contributed by atoms with Crippen molar-refractivity contribution in [3.8, 4) is 11.5 Å². The average Bonchev–Trinajstić information content (AvgIpc) is 2.81. The summed E-state index contributed by atoms with van der Waals surface area (Å²) in [4.78, 5) is 24.1. The fraction of sp³-hybridized carbons (Fsp3) is 0.160. The molecule has 0 spiro atoms. The van der Waals surface area contributed by atoms with E-state index in [0.717, 1.165) is 5.56 Å². The van der Waals surface area contributed by atoms with Crippen LogP contribution in [0.5, 0.6) is 11.5 Å². The summed E-state index contributed by atoms with van der Waals surface area (Å²) in [6.07, 6.45) is 1.11. The molecule has 0 saturated heterocycles. The molecule has 0 aliphatic carbocycles. The number of nitrogens with zero attached hydrogens (tertiary/aromatic N) is 1. The molecule has 0 aliphatic heterocycles. The van der Waals surface area contributed by atoms with Crippen molar-refractivity contribution < 1.29 is 19.1 Å². The van der Waals surface area contributed by atoms with Gasteiger partial charge >= 0.3 is 0 Å². The number of hydrogen-bond acceptors (Lipinski definition) is 5. The van der Waals surface area contributed by atoms with Gasteiger partial charge in [0.05, 0.1) is 12.8 Å². The minimum absolute atomic E-state index is 0.361. The Balaban J connectivity index is 1.48. The first kappa shape index (κ1) is 23.8. The molecular formula is C25H24ClN3O4. The van der Waals surface area contributed by atoms with Gasteiger partial charge in [0.2, 0.25) is 11.8 Å². The van der Waals surface area contributed by atoms with Crippen molar-refractivity contribution in [1.29, 1.82) is 0 Å². The molecule has 3 rings (SSSR count). The zero-order valence-corrected chi connectivity index (χ0v) is 18.8. The minimum Gasteiger partial charge on any atom is -0.494 e. The summed E-state index contributed by atoms with van der Waals surface area (Å²) < 4.78 is 11.2. The Labute approximate surface area is 197 Å². The molecule has 3 aromatic rings. The van der Waals surface area contributed by atoms with Gasteiger partial charge in [0, 0.05) is 16.3 Å². The molecule has 3 aromatic carbocycles. The number of hydrazone groups is 1. The number of hydrogen-bond donors (Lipinski definition) is 2. The maximum atomic E-state index is 12.1. The van der Waals surface area contributed by atoms with Gasteiger partial charge < -0.3 is 14.8 Å². The summed E-state index contributed by atoms with van der Waals surface area (Å²) >= 11 is 5.90. The third-order valence-electron chi connectivity index (χ3n) is 4.39. The molecule has 2 amide bonds. The molecule has 33 heavy (non-hydrogen) atoms. The summed E-state index contributed by atoms with van der Waals surface area (Å²) in [6, 6.07) is 21.6. The molecule has 2 N–H and O–H groups in total. The molecule has 170 valence electrons. The normalized spacial score (nSPS) is 10.6. The number of carbonyl (C=O) groups excluding carboxylic acids is 2. The molecule has 0 heterocycles. The zero-order valence-electron chi connectivity index (χ0n) is 18.1. The van der Waals surface area contributed by atoms with Gasteiger partial charge in [-0.1, -0.05) is 35.9 Å². The van der Waals surface area contributed by atoms with Gasteiger partial charge in [-0.15, -0.1) is 0 Å². The quantitative estimate of drug-likeness (QED) is 0.256. The standard InChI is InChI=1S/C25H24ClN3O4/c1-2-32-22-13-11-21(12-14-22)28-24(30)15-25(31)29-27-16-19-5-3-4-6-23(19)33-17-18-7-9-20(26)10-8-18/h3-14,16H,2,15,17H2,1H3,(H,28,30)(H,29,31). The number of carbonyl (C=O) groups is 2. The van der Waals surface area contributed by atoms with Gasteiger partial charge in [0.1, 0.15) is 24.5 Å². The van der Waals surface area contributed by atoms with E-state index in [0.29, 0.717) is 41.0 Å². The molecule has 0 atom stereocenters. The predicted molar refractivity (Wildman–Crippen MR) is 129 cm³/mol. The van der Waals surface area contributed by atoms with Crippen LogP contribution in [-0.4, -0.2) is 24.6 Å². The lowest BCUT2D eigenvalue weighted by atomic mass is 10.2. The molecule has 0 radical (unpaired) electrons. The van der Waals surface area contributed by atoms with Crippen LogP contribution in [0.3, 0.4) is 0 Å². The Bertz CT molecular complexity index is 1100. The van der Waals surface area contributed by atoms with E-state index in [-0.39, 0.29) is 6.42 Å². The number of benzene rings is 3. The van der Waals surface area contributed by atoms with Crippen molar-refractivity contribution >= 4 is 35.3 Å². The second-order valence-electron chi connectivity index (χ2n) is 6.93. The lowest BCUT2D eigenvalue weighted by molar-refractivity contribution is -0.126. The highest BCUT2D eigenvalue weighted by atomic mass is 35.5. The summed E-state index contributed by atoms with van der Waals surface area (Å²) in [6.45, 7) is 2.81. The first-order valence-corrected chi connectivity index (χ1v) is 10.7. The Morgan fingerprint density at radius 1 is 0.939 bits per heavy atom. The van der Waals surface area contributed by atoms with E-state index in [9.17, 15) is 9.59 Å². The largest absolute Gasteiger partial charge is 0.494 e. The molecule has 0 aromatic heterocycles. The van der Waals surface area contributed by atoms with Gasteiger partial charge in [0.25, 0.3) is 0 Å². The van der Waals surface area contributed by atoms with Crippen molar-refractivity contribution in [1.82, 2.24) is 5.43 Å². The highest BCUT2D eigenvalue weighted by Crippen LogP contribution is 2.19. The number of rotatable bonds is 10. The first-order chi connectivity index (χ1) is 16.0. The Kier molecular flexibility index (Phi) is 8.85. The third-order valence-corrected chi connectivity index (χ3v) is 4.64. The van der Waals surface area contributed by atoms with Crippen LogP contribution in [0.1, 0.15) is 24.5 Å². The third kappa shape index (κ3) is 7.97. The van der Waals surface area contributed by atoms with Crippen LogP contribution >= 0.6 is 11.6 Å². The average molecular weight is 466 g/mol. The van der Waals surface area contributed by atoms with E-state index in [1.807, 2.05) is 43.3 Å². The van der Waals surface area contributed by atoms with E-state index in [2.05, 4.69) is 15.8 Å². The second-order valence-corrected chi connectivity index (χ2v) is 7.36. The van der Waals surface area contributed by atoms with Gasteiger partial charge in [-0.2, -0.15) is 5.10 Å². The number of para-hydroxylation sites is 1. The lowest BCUT2D eigenvalue weighted by Crippen LogP contribution is -2.24. The number of anilines is 1. The van der Waals surface area contributed by atoms with E-state index in [1.54, 1.807) is 36.4 Å². The maximum absolute atomic E-state index is 12.1. The molecule has 0 aliphatic rings. The van der Waals surface area contributed by atoms with Crippen LogP contribution in [-0.2, 0) is 16.2 Å². The summed E-state index contributed by atoms with van der Waals surface area (Å²) in [5, 5.41) is 7.26. The fourth-order valence-electron chi connectivity index (χ4n) is 2.83. The second kappa shape index (κ2) is 12.3. The smallest absolute Gasteiger partial charge is 0.249 e. The van der Waals surface area contributed by atoms with Crippen molar-refractivity contribution in [3.63, 3.8) is 0 Å². The van der Waals surface area contributed by atoms with Gasteiger partial charge in [-0.3, -0.25) is 9.59 Å². The van der Waals surface area contributed by atoms with Crippen LogP contribution in [0.25, 0.3) is 0 Å². The predicted octanol–water partition coefficient (Wildman–Crippen LogP) is 4.80. The number of ether oxygens (including phenoxy) is 2. The van der Waals surface area contributed by atoms with E-state index >= 15 is 0 Å². The zero-order chi connectivity index (χ0) is 23.5. The fourth-order valence-corrected chi connectivity index (χ4v) is 2.95. The monoisotopic (exact) mass is 465 g/mol. The van der Waals surface area contributed by atoms with Gasteiger partial charge in [-0.25, -0.2) is 5.43 Å². The van der Waals surface area contributed by atoms with Crippen molar-refractivity contribution in [2.45, 2.75) is 20.0 Å². The SMILES string of the molecule is CCOc1ccc(NC(=O)CC(=O)NN=Cc2ccccc2OCc2ccc(Cl)cc2)cc1. The van der Waals surface area contributed by atoms with E-state index in [4.69, 9.17) is 21.1 Å². The summed E-state index contributed by atoms with van der Waals surface area (Å²) in [5.41, 5.74) is 4.59. The summed E-state index contributed by atoms with van der Waals surface area (Å²) in [7, 11) is 0. The number of nitrogens with one attached hydrogen (secondary N) is 2. The molecule has 0 bridgehead atoms. The van der Waals surface area contributed by atoms with Crippen molar-refractivity contribution in [2.75, 3.05) is 11.9 Å². The van der Waals surface area contributed by atoms with Crippen LogP contribution in [0.2, 0.25) is 5.02 Å². The highest BCUT2D eigenvalue weighted by Gasteiger charge is 2.09. The molecular weight excluding hydrogens is 442 g/mol. The Hall–Kier alpha value is -3.84. The maximum Gasteiger partial charge on any atom is 0.249 e. The van der Waals surface area contributed by atoms with Crippen molar-refractivity contribution in [2.24, 2.45) is 5.10 Å². The molecule has 0 unspecified atom stereocenters. The van der Waals surface area contributed by atoms with Crippen LogP contribution in [0, 0.1) is 0 Å². The Morgan fingerprint density at radius 3 is 2.39 bits per heavy atom. The Morgan fingerprint density at radius 2 is 1.67 bits per heavy atom. The number of halogens is 1. The van der Waals surface area contributed by atoms with Crippen LogP contribution < -0.4 is 20.2 Å². The molecule has 0 fully saturated rings. The molecule has 8 heteroatoms. The lowest BCUT2D eigenvalue weighted by Gasteiger charge is -2.09. The van der Waals surface area contributed by atoms with E-state index < -0.39 is 11.8 Å². The number of amides is 2. The molecule has 0 saturated carbocycles. The topological polar surface area (TPSA) is 89.0 Å². The van der Waals surface area contributed by atoms with Gasteiger partial charge in [0.15, 0.2) is 0 Å². The van der Waals surface area contributed by atoms with Crippen LogP contribution in [0.4, 0.5) is 5.69 Å². The van der Waals surface area contributed by atoms with E-state index in [1.165, 1.54) is 6.21 Å². The summed E-state index contributed by atoms with van der Waals surface area (Å²) in [5.74, 6) is 0.339.